The van der Waals surface area contributed by atoms with Crippen LogP contribution in [0.5, 0.6) is 0 Å². The summed E-state index contributed by atoms with van der Waals surface area (Å²) in [4.78, 5) is 11.4. The van der Waals surface area contributed by atoms with Gasteiger partial charge in [-0.3, -0.25) is 0 Å². The Morgan fingerprint density at radius 2 is 1.68 bits per heavy atom. The van der Waals surface area contributed by atoms with Crippen LogP contribution in [0.2, 0.25) is 0 Å². The molecule has 19 heavy (non-hydrogen) atoms. The molecule has 0 saturated carbocycles. The molecule has 2 aromatic rings. The number of carboxylic acids is 1. The summed E-state index contributed by atoms with van der Waals surface area (Å²) in [5, 5.41) is 9.37. The highest BCUT2D eigenvalue weighted by Gasteiger charge is 2.27. The molecule has 2 nitrogen and oxygen atoms in total. The monoisotopic (exact) mass is 254 g/mol. The largest absolute Gasteiger partial charge is 0.478 e. The highest BCUT2D eigenvalue weighted by molar-refractivity contribution is 5.90. The Balaban J connectivity index is 2.63. The third-order valence-corrected chi connectivity index (χ3v) is 3.57. The lowest BCUT2D eigenvalue weighted by atomic mass is 9.75. The number of aryl methyl sites for hydroxylation is 1. The zero-order valence-corrected chi connectivity index (χ0v) is 11.5. The molecule has 2 heteroatoms. The zero-order chi connectivity index (χ0) is 14.0. The maximum atomic E-state index is 11.4. The number of carboxylic acid groups (broad SMARTS) is 1. The molecule has 0 heterocycles. The zero-order valence-electron chi connectivity index (χ0n) is 11.5. The van der Waals surface area contributed by atoms with Crippen molar-refractivity contribution in [2.75, 3.05) is 0 Å². The van der Waals surface area contributed by atoms with E-state index >= 15 is 0 Å². The van der Waals surface area contributed by atoms with Crippen LogP contribution in [0.3, 0.4) is 0 Å². The number of hydrogen-bond acceptors (Lipinski definition) is 1. The van der Waals surface area contributed by atoms with Gasteiger partial charge in [0.15, 0.2) is 0 Å². The topological polar surface area (TPSA) is 37.3 Å². The van der Waals surface area contributed by atoms with Crippen molar-refractivity contribution in [2.24, 2.45) is 0 Å². The summed E-state index contributed by atoms with van der Waals surface area (Å²) in [6.07, 6.45) is 0. The third kappa shape index (κ3) is 2.53. The van der Waals surface area contributed by atoms with Gasteiger partial charge in [0.25, 0.3) is 0 Å². The molecule has 2 rings (SSSR count). The summed E-state index contributed by atoms with van der Waals surface area (Å²) in [6, 6.07) is 15.5. The molecule has 0 aliphatic carbocycles. The van der Waals surface area contributed by atoms with Crippen LogP contribution < -0.4 is 0 Å². The van der Waals surface area contributed by atoms with Crippen LogP contribution in [0.4, 0.5) is 0 Å². The maximum absolute atomic E-state index is 11.4. The first-order valence-electron chi connectivity index (χ1n) is 6.33. The van der Waals surface area contributed by atoms with Gasteiger partial charge in [-0.25, -0.2) is 4.79 Å². The normalized spacial score (nSPS) is 11.3. The standard InChI is InChI=1S/C17H18O2/c1-12-9-10-14(16(18)19)15(11-12)17(2,3)13-7-5-4-6-8-13/h4-11H,1-3H3,(H,18,19). The lowest BCUT2D eigenvalue weighted by Crippen LogP contribution is -2.22. The van der Waals surface area contributed by atoms with E-state index in [2.05, 4.69) is 13.8 Å². The summed E-state index contributed by atoms with van der Waals surface area (Å²) in [7, 11) is 0. The number of rotatable bonds is 3. The Hall–Kier alpha value is -2.09. The first kappa shape index (κ1) is 13.3. The van der Waals surface area contributed by atoms with Gasteiger partial charge in [0.1, 0.15) is 0 Å². The highest BCUT2D eigenvalue weighted by Crippen LogP contribution is 2.34. The highest BCUT2D eigenvalue weighted by atomic mass is 16.4. The SMILES string of the molecule is Cc1ccc(C(=O)O)c(C(C)(C)c2ccccc2)c1. The number of hydrogen-bond donors (Lipinski definition) is 1. The first-order valence-corrected chi connectivity index (χ1v) is 6.33. The molecule has 0 fully saturated rings. The van der Waals surface area contributed by atoms with Gasteiger partial charge in [-0.15, -0.1) is 0 Å². The van der Waals surface area contributed by atoms with Gasteiger partial charge < -0.3 is 5.11 Å². The Bertz CT molecular complexity index is 598. The first-order chi connectivity index (χ1) is 8.93. The van der Waals surface area contributed by atoms with E-state index in [4.69, 9.17) is 0 Å². The van der Waals surface area contributed by atoms with E-state index in [-0.39, 0.29) is 5.41 Å². The second-order valence-corrected chi connectivity index (χ2v) is 5.35. The van der Waals surface area contributed by atoms with E-state index in [1.807, 2.05) is 49.4 Å². The Morgan fingerprint density at radius 3 is 2.26 bits per heavy atom. The molecule has 0 aromatic heterocycles. The van der Waals surface area contributed by atoms with Crippen molar-refractivity contribution in [3.63, 3.8) is 0 Å². The van der Waals surface area contributed by atoms with E-state index in [1.165, 1.54) is 0 Å². The van der Waals surface area contributed by atoms with Gasteiger partial charge in [0.05, 0.1) is 5.56 Å². The van der Waals surface area contributed by atoms with Crippen LogP contribution in [0.15, 0.2) is 48.5 Å². The molecule has 1 N–H and O–H groups in total. The Morgan fingerprint density at radius 1 is 1.05 bits per heavy atom. The Labute approximate surface area is 113 Å². The summed E-state index contributed by atoms with van der Waals surface area (Å²) in [5.41, 5.74) is 3.08. The molecule has 0 saturated heterocycles. The summed E-state index contributed by atoms with van der Waals surface area (Å²) in [5.74, 6) is -0.876. The fraction of sp³-hybridized carbons (Fsp3) is 0.235. The quantitative estimate of drug-likeness (QED) is 0.898. The van der Waals surface area contributed by atoms with Gasteiger partial charge in [-0.05, 0) is 24.1 Å². The molecular formula is C17H18O2. The van der Waals surface area contributed by atoms with E-state index in [1.54, 1.807) is 6.07 Å². The van der Waals surface area contributed by atoms with Crippen LogP contribution in [0.25, 0.3) is 0 Å². The fourth-order valence-electron chi connectivity index (χ4n) is 2.37. The van der Waals surface area contributed by atoms with Crippen molar-refractivity contribution in [1.82, 2.24) is 0 Å². The predicted octanol–water partition coefficient (Wildman–Crippen LogP) is 4.02. The Kier molecular flexibility index (Phi) is 3.43. The van der Waals surface area contributed by atoms with Crippen molar-refractivity contribution in [3.8, 4) is 0 Å². The van der Waals surface area contributed by atoms with Gasteiger partial charge in [0.2, 0.25) is 0 Å². The maximum Gasteiger partial charge on any atom is 0.335 e. The van der Waals surface area contributed by atoms with Crippen LogP contribution in [0, 0.1) is 6.92 Å². The van der Waals surface area contributed by atoms with E-state index < -0.39 is 5.97 Å². The van der Waals surface area contributed by atoms with Crippen molar-refractivity contribution in [3.05, 3.63) is 70.8 Å². The second-order valence-electron chi connectivity index (χ2n) is 5.35. The molecule has 0 unspecified atom stereocenters. The second kappa shape index (κ2) is 4.88. The summed E-state index contributed by atoms with van der Waals surface area (Å²) >= 11 is 0. The van der Waals surface area contributed by atoms with E-state index in [0.717, 1.165) is 16.7 Å². The van der Waals surface area contributed by atoms with Crippen LogP contribution in [-0.4, -0.2) is 11.1 Å². The fourth-order valence-corrected chi connectivity index (χ4v) is 2.37. The minimum atomic E-state index is -0.876. The molecule has 0 spiro atoms. The van der Waals surface area contributed by atoms with Crippen LogP contribution in [0.1, 0.15) is 40.9 Å². The summed E-state index contributed by atoms with van der Waals surface area (Å²) in [6.45, 7) is 6.10. The minimum Gasteiger partial charge on any atom is -0.478 e. The van der Waals surface area contributed by atoms with Crippen LogP contribution >= 0.6 is 0 Å². The predicted molar refractivity (Wildman–Crippen MR) is 76.7 cm³/mol. The smallest absolute Gasteiger partial charge is 0.335 e. The molecule has 0 atom stereocenters. The molecule has 0 aliphatic rings. The summed E-state index contributed by atoms with van der Waals surface area (Å²) < 4.78 is 0. The van der Waals surface area contributed by atoms with Crippen molar-refractivity contribution < 1.29 is 9.90 Å². The van der Waals surface area contributed by atoms with Gasteiger partial charge in [0, 0.05) is 5.41 Å². The molecule has 0 amide bonds. The molecular weight excluding hydrogens is 236 g/mol. The van der Waals surface area contributed by atoms with Crippen LogP contribution in [-0.2, 0) is 5.41 Å². The molecule has 98 valence electrons. The molecule has 2 aromatic carbocycles. The third-order valence-electron chi connectivity index (χ3n) is 3.57. The molecule has 0 aliphatic heterocycles. The van der Waals surface area contributed by atoms with Gasteiger partial charge >= 0.3 is 5.97 Å². The number of benzene rings is 2. The lowest BCUT2D eigenvalue weighted by molar-refractivity contribution is 0.0694. The van der Waals surface area contributed by atoms with Crippen molar-refractivity contribution in [2.45, 2.75) is 26.2 Å². The average Bonchev–Trinajstić information content (AvgIpc) is 2.39. The molecule has 0 radical (unpaired) electrons. The van der Waals surface area contributed by atoms with E-state index in [0.29, 0.717) is 5.56 Å². The minimum absolute atomic E-state index is 0.332. The average molecular weight is 254 g/mol. The van der Waals surface area contributed by atoms with Crippen molar-refractivity contribution in [1.29, 1.82) is 0 Å². The number of carbonyl (C=O) groups is 1. The van der Waals surface area contributed by atoms with Gasteiger partial charge in [-0.2, -0.15) is 0 Å². The van der Waals surface area contributed by atoms with Gasteiger partial charge in [-0.1, -0.05) is 61.9 Å². The van der Waals surface area contributed by atoms with Crippen molar-refractivity contribution >= 4 is 5.97 Å². The molecule has 0 bridgehead atoms. The lowest BCUT2D eigenvalue weighted by Gasteiger charge is -2.28. The van der Waals surface area contributed by atoms with E-state index in [9.17, 15) is 9.90 Å². The number of aromatic carboxylic acids is 1.